The van der Waals surface area contributed by atoms with Crippen LogP contribution in [0.25, 0.3) is 0 Å². The topological polar surface area (TPSA) is 24.1 Å². The first-order valence-corrected chi connectivity index (χ1v) is 7.37. The largest absolute Gasteiger partial charge is 0.314 e. The summed E-state index contributed by atoms with van der Waals surface area (Å²) < 4.78 is 0. The number of nitrogens with one attached hydrogen (secondary N) is 2. The molecule has 0 aromatic heterocycles. The Hall–Kier alpha value is -0.0800. The molecule has 1 heterocycles. The van der Waals surface area contributed by atoms with E-state index in [1.54, 1.807) is 0 Å². The van der Waals surface area contributed by atoms with Crippen LogP contribution in [-0.2, 0) is 0 Å². The fraction of sp³-hybridized carbons (Fsp3) is 1.00. The van der Waals surface area contributed by atoms with Gasteiger partial charge in [-0.05, 0) is 53.5 Å². The maximum absolute atomic E-state index is 3.75. The maximum atomic E-state index is 3.75. The lowest BCUT2D eigenvalue weighted by Gasteiger charge is -2.46. The highest BCUT2D eigenvalue weighted by molar-refractivity contribution is 4.99. The lowest BCUT2D eigenvalue weighted by Crippen LogP contribution is -2.61. The van der Waals surface area contributed by atoms with Gasteiger partial charge in [0.2, 0.25) is 0 Å². The molecule has 0 radical (unpaired) electrons. The van der Waals surface area contributed by atoms with E-state index in [1.165, 1.54) is 45.1 Å². The summed E-state index contributed by atoms with van der Waals surface area (Å²) in [5, 5.41) is 7.48. The minimum atomic E-state index is 0.267. The SMILES string of the molecule is CCCCCCNC1CC(C)(C)NC(C)(C)C1. The van der Waals surface area contributed by atoms with Crippen molar-refractivity contribution in [1.82, 2.24) is 10.6 Å². The van der Waals surface area contributed by atoms with E-state index in [0.717, 1.165) is 0 Å². The lowest BCUT2D eigenvalue weighted by molar-refractivity contribution is 0.146. The molecular weight excluding hydrogens is 208 g/mol. The molecule has 17 heavy (non-hydrogen) atoms. The first-order valence-electron chi connectivity index (χ1n) is 7.37. The number of rotatable bonds is 6. The molecule has 0 atom stereocenters. The fourth-order valence-electron chi connectivity index (χ4n) is 3.32. The Labute approximate surface area is 108 Å². The van der Waals surface area contributed by atoms with Gasteiger partial charge in [0.05, 0.1) is 0 Å². The van der Waals surface area contributed by atoms with Gasteiger partial charge in [-0.3, -0.25) is 0 Å². The molecule has 2 heteroatoms. The van der Waals surface area contributed by atoms with Gasteiger partial charge in [-0.15, -0.1) is 0 Å². The van der Waals surface area contributed by atoms with Crippen molar-refractivity contribution in [2.75, 3.05) is 6.54 Å². The molecule has 0 saturated carbocycles. The third-order valence-electron chi connectivity index (χ3n) is 3.65. The summed E-state index contributed by atoms with van der Waals surface area (Å²) >= 11 is 0. The number of hydrogen-bond acceptors (Lipinski definition) is 2. The summed E-state index contributed by atoms with van der Waals surface area (Å²) in [7, 11) is 0. The first kappa shape index (κ1) is 15.0. The Bertz CT molecular complexity index is 205. The summed E-state index contributed by atoms with van der Waals surface area (Å²) in [4.78, 5) is 0. The average Bonchev–Trinajstić information content (AvgIpc) is 2.12. The van der Waals surface area contributed by atoms with Crippen LogP contribution in [0.3, 0.4) is 0 Å². The molecule has 0 spiro atoms. The van der Waals surface area contributed by atoms with Crippen LogP contribution in [0.1, 0.15) is 73.1 Å². The van der Waals surface area contributed by atoms with E-state index in [1.807, 2.05) is 0 Å². The molecule has 0 aliphatic carbocycles. The normalized spacial score (nSPS) is 23.8. The zero-order valence-electron chi connectivity index (χ0n) is 12.5. The Morgan fingerprint density at radius 3 is 2.12 bits per heavy atom. The monoisotopic (exact) mass is 240 g/mol. The highest BCUT2D eigenvalue weighted by atomic mass is 15.1. The second-order valence-corrected chi connectivity index (χ2v) is 7.01. The molecule has 2 N–H and O–H groups in total. The predicted molar refractivity (Wildman–Crippen MR) is 76.5 cm³/mol. The molecular formula is C15H32N2. The Balaban J connectivity index is 2.28. The van der Waals surface area contributed by atoms with Crippen molar-refractivity contribution in [3.05, 3.63) is 0 Å². The van der Waals surface area contributed by atoms with Gasteiger partial charge in [0.25, 0.3) is 0 Å². The molecule has 1 fully saturated rings. The number of piperidine rings is 1. The molecule has 1 rings (SSSR count). The van der Waals surface area contributed by atoms with Crippen LogP contribution in [-0.4, -0.2) is 23.7 Å². The minimum absolute atomic E-state index is 0.267. The smallest absolute Gasteiger partial charge is 0.0144 e. The minimum Gasteiger partial charge on any atom is -0.314 e. The quantitative estimate of drug-likeness (QED) is 0.695. The van der Waals surface area contributed by atoms with Gasteiger partial charge in [0, 0.05) is 17.1 Å². The summed E-state index contributed by atoms with van der Waals surface area (Å²) in [6.45, 7) is 12.7. The molecule has 0 unspecified atom stereocenters. The summed E-state index contributed by atoms with van der Waals surface area (Å²) in [5.74, 6) is 0. The number of unbranched alkanes of at least 4 members (excludes halogenated alkanes) is 3. The predicted octanol–water partition coefficient (Wildman–Crippen LogP) is 3.47. The van der Waals surface area contributed by atoms with Gasteiger partial charge in [-0.1, -0.05) is 26.2 Å². The third kappa shape index (κ3) is 5.87. The van der Waals surface area contributed by atoms with E-state index in [0.29, 0.717) is 6.04 Å². The second-order valence-electron chi connectivity index (χ2n) is 7.01. The summed E-state index contributed by atoms with van der Waals surface area (Å²) in [5.41, 5.74) is 0.533. The van der Waals surface area contributed by atoms with E-state index in [2.05, 4.69) is 45.3 Å². The molecule has 0 aromatic rings. The van der Waals surface area contributed by atoms with Crippen LogP contribution in [0, 0.1) is 0 Å². The lowest BCUT2D eigenvalue weighted by atomic mass is 9.79. The highest BCUT2D eigenvalue weighted by Crippen LogP contribution is 2.28. The summed E-state index contributed by atoms with van der Waals surface area (Å²) in [6, 6.07) is 0.683. The molecule has 1 aliphatic rings. The standard InChI is InChI=1S/C15H32N2/c1-6-7-8-9-10-16-13-11-14(2,3)17-15(4,5)12-13/h13,16-17H,6-12H2,1-5H3. The van der Waals surface area contributed by atoms with Crippen molar-refractivity contribution in [2.45, 2.75) is 90.3 Å². The molecule has 1 saturated heterocycles. The van der Waals surface area contributed by atoms with Gasteiger partial charge in [0.1, 0.15) is 0 Å². The molecule has 1 aliphatic heterocycles. The maximum Gasteiger partial charge on any atom is 0.0144 e. The van der Waals surface area contributed by atoms with Crippen LogP contribution < -0.4 is 10.6 Å². The van der Waals surface area contributed by atoms with Gasteiger partial charge in [-0.2, -0.15) is 0 Å². The van der Waals surface area contributed by atoms with Crippen molar-refractivity contribution in [1.29, 1.82) is 0 Å². The molecule has 102 valence electrons. The molecule has 2 nitrogen and oxygen atoms in total. The zero-order chi connectivity index (χ0) is 12.9. The fourth-order valence-corrected chi connectivity index (χ4v) is 3.32. The van der Waals surface area contributed by atoms with Gasteiger partial charge >= 0.3 is 0 Å². The van der Waals surface area contributed by atoms with Crippen molar-refractivity contribution in [3.8, 4) is 0 Å². The molecule has 0 bridgehead atoms. The van der Waals surface area contributed by atoms with Gasteiger partial charge in [0.15, 0.2) is 0 Å². The van der Waals surface area contributed by atoms with Crippen molar-refractivity contribution in [3.63, 3.8) is 0 Å². The van der Waals surface area contributed by atoms with E-state index < -0.39 is 0 Å². The van der Waals surface area contributed by atoms with Crippen LogP contribution in [0.15, 0.2) is 0 Å². The number of hydrogen-bond donors (Lipinski definition) is 2. The Morgan fingerprint density at radius 2 is 1.59 bits per heavy atom. The van der Waals surface area contributed by atoms with Gasteiger partial charge < -0.3 is 10.6 Å². The van der Waals surface area contributed by atoms with Crippen LogP contribution >= 0.6 is 0 Å². The van der Waals surface area contributed by atoms with Crippen molar-refractivity contribution in [2.24, 2.45) is 0 Å². The van der Waals surface area contributed by atoms with E-state index >= 15 is 0 Å². The molecule has 0 aromatic carbocycles. The average molecular weight is 240 g/mol. The Kier molecular flexibility index (Phi) is 5.46. The zero-order valence-corrected chi connectivity index (χ0v) is 12.5. The van der Waals surface area contributed by atoms with E-state index in [4.69, 9.17) is 0 Å². The summed E-state index contributed by atoms with van der Waals surface area (Å²) in [6.07, 6.45) is 7.90. The van der Waals surface area contributed by atoms with E-state index in [9.17, 15) is 0 Å². The van der Waals surface area contributed by atoms with Crippen LogP contribution in [0.2, 0.25) is 0 Å². The third-order valence-corrected chi connectivity index (χ3v) is 3.65. The van der Waals surface area contributed by atoms with Crippen LogP contribution in [0.5, 0.6) is 0 Å². The van der Waals surface area contributed by atoms with E-state index in [-0.39, 0.29) is 11.1 Å². The first-order chi connectivity index (χ1) is 7.85. The molecule has 0 amide bonds. The Morgan fingerprint density at radius 1 is 1.00 bits per heavy atom. The van der Waals surface area contributed by atoms with Crippen LogP contribution in [0.4, 0.5) is 0 Å². The van der Waals surface area contributed by atoms with Crippen molar-refractivity contribution >= 4 is 0 Å². The van der Waals surface area contributed by atoms with Gasteiger partial charge in [-0.25, -0.2) is 0 Å². The van der Waals surface area contributed by atoms with Crippen molar-refractivity contribution < 1.29 is 0 Å². The second kappa shape index (κ2) is 6.19. The highest BCUT2D eigenvalue weighted by Gasteiger charge is 2.37.